The van der Waals surface area contributed by atoms with Crippen LogP contribution >= 0.6 is 0 Å². The van der Waals surface area contributed by atoms with Crippen LogP contribution in [0.25, 0.3) is 0 Å². The number of aromatic nitrogens is 1. The number of ether oxygens (including phenoxy) is 1. The molecule has 0 aliphatic carbocycles. The highest BCUT2D eigenvalue weighted by Crippen LogP contribution is 2.30. The topological polar surface area (TPSA) is 22.1 Å². The van der Waals surface area contributed by atoms with Crippen LogP contribution in [0.4, 0.5) is 0 Å². The van der Waals surface area contributed by atoms with E-state index in [0.29, 0.717) is 5.92 Å². The van der Waals surface area contributed by atoms with Gasteiger partial charge in [0, 0.05) is 23.9 Å². The van der Waals surface area contributed by atoms with Crippen LogP contribution in [0, 0.1) is 5.92 Å². The maximum absolute atomic E-state index is 5.43. The van der Waals surface area contributed by atoms with E-state index in [1.54, 1.807) is 12.5 Å². The Morgan fingerprint density at radius 3 is 3.00 bits per heavy atom. The molecular weight excluding hydrogens is 150 g/mol. The van der Waals surface area contributed by atoms with Crippen LogP contribution in [0.5, 0.6) is 0 Å². The largest absolute Gasteiger partial charge is 0.493 e. The van der Waals surface area contributed by atoms with E-state index in [1.807, 2.05) is 18.3 Å². The van der Waals surface area contributed by atoms with Gasteiger partial charge in [0.1, 0.15) is 6.10 Å². The van der Waals surface area contributed by atoms with Gasteiger partial charge in [-0.05, 0) is 12.1 Å². The Hall–Kier alpha value is -1.31. The fraction of sp³-hybridized carbons (Fsp3) is 0.300. The van der Waals surface area contributed by atoms with Crippen LogP contribution in [-0.4, -0.2) is 4.98 Å². The van der Waals surface area contributed by atoms with E-state index in [9.17, 15) is 0 Å². The Bertz CT molecular complexity index is 281. The van der Waals surface area contributed by atoms with Gasteiger partial charge in [0.15, 0.2) is 0 Å². The molecular formula is C10H11NO. The van der Waals surface area contributed by atoms with Crippen molar-refractivity contribution in [2.75, 3.05) is 0 Å². The van der Waals surface area contributed by atoms with Gasteiger partial charge >= 0.3 is 0 Å². The van der Waals surface area contributed by atoms with Crippen molar-refractivity contribution in [2.24, 2.45) is 5.92 Å². The van der Waals surface area contributed by atoms with Crippen LogP contribution in [0.15, 0.2) is 36.9 Å². The Balaban J connectivity index is 2.22. The summed E-state index contributed by atoms with van der Waals surface area (Å²) in [7, 11) is 0. The summed E-state index contributed by atoms with van der Waals surface area (Å²) in [5, 5.41) is 0. The molecule has 2 heteroatoms. The van der Waals surface area contributed by atoms with E-state index >= 15 is 0 Å². The van der Waals surface area contributed by atoms with Crippen molar-refractivity contribution in [3.05, 3.63) is 42.4 Å². The number of pyridine rings is 1. The number of nitrogens with zero attached hydrogens (tertiary/aromatic N) is 1. The zero-order chi connectivity index (χ0) is 8.39. The number of hydrogen-bond acceptors (Lipinski definition) is 2. The van der Waals surface area contributed by atoms with Crippen LogP contribution in [-0.2, 0) is 4.74 Å². The fourth-order valence-corrected chi connectivity index (χ4v) is 1.41. The lowest BCUT2D eigenvalue weighted by Crippen LogP contribution is -2.04. The van der Waals surface area contributed by atoms with Crippen molar-refractivity contribution in [1.82, 2.24) is 4.98 Å². The van der Waals surface area contributed by atoms with Gasteiger partial charge in [0.2, 0.25) is 0 Å². The summed E-state index contributed by atoms with van der Waals surface area (Å²) < 4.78 is 5.43. The number of rotatable bonds is 1. The zero-order valence-corrected chi connectivity index (χ0v) is 6.97. The van der Waals surface area contributed by atoms with Crippen molar-refractivity contribution >= 4 is 0 Å². The molecule has 62 valence electrons. The second-order valence-electron chi connectivity index (χ2n) is 3.03. The first kappa shape index (κ1) is 7.35. The van der Waals surface area contributed by atoms with Crippen molar-refractivity contribution in [2.45, 2.75) is 13.0 Å². The van der Waals surface area contributed by atoms with E-state index in [4.69, 9.17) is 4.74 Å². The summed E-state index contributed by atoms with van der Waals surface area (Å²) >= 11 is 0. The van der Waals surface area contributed by atoms with E-state index < -0.39 is 0 Å². The SMILES string of the molecule is C[C@@H]1C=CO[C@H]1c1cccnc1. The molecule has 2 atom stereocenters. The predicted molar refractivity (Wildman–Crippen MR) is 46.4 cm³/mol. The van der Waals surface area contributed by atoms with Gasteiger partial charge in [-0.25, -0.2) is 0 Å². The smallest absolute Gasteiger partial charge is 0.130 e. The molecule has 2 nitrogen and oxygen atoms in total. The molecule has 0 unspecified atom stereocenters. The summed E-state index contributed by atoms with van der Waals surface area (Å²) in [6.45, 7) is 2.14. The molecule has 1 aromatic heterocycles. The highest BCUT2D eigenvalue weighted by molar-refractivity contribution is 5.16. The van der Waals surface area contributed by atoms with E-state index in [2.05, 4.69) is 18.0 Å². The molecule has 1 aliphatic heterocycles. The van der Waals surface area contributed by atoms with Gasteiger partial charge in [-0.2, -0.15) is 0 Å². The van der Waals surface area contributed by atoms with Crippen LogP contribution in [0.2, 0.25) is 0 Å². The normalized spacial score (nSPS) is 27.1. The first-order chi connectivity index (χ1) is 5.88. The standard InChI is InChI=1S/C10H11NO/c1-8-4-6-12-10(8)9-3-2-5-11-7-9/h2-8,10H,1H3/t8-,10-/m1/s1. The Morgan fingerprint density at radius 2 is 2.42 bits per heavy atom. The molecule has 2 heterocycles. The second-order valence-corrected chi connectivity index (χ2v) is 3.03. The quantitative estimate of drug-likeness (QED) is 0.630. The van der Waals surface area contributed by atoms with Gasteiger partial charge in [-0.15, -0.1) is 0 Å². The molecule has 0 fully saturated rings. The molecule has 1 aromatic rings. The Labute approximate surface area is 71.9 Å². The molecule has 1 aliphatic rings. The molecule has 0 radical (unpaired) electrons. The first-order valence-corrected chi connectivity index (χ1v) is 4.10. The van der Waals surface area contributed by atoms with E-state index in [0.717, 1.165) is 5.56 Å². The van der Waals surface area contributed by atoms with Gasteiger partial charge in [-0.1, -0.05) is 13.0 Å². The predicted octanol–water partition coefficient (Wildman–Crippen LogP) is 2.30. The van der Waals surface area contributed by atoms with E-state index in [-0.39, 0.29) is 6.10 Å². The van der Waals surface area contributed by atoms with Crippen LogP contribution in [0.1, 0.15) is 18.6 Å². The third-order valence-electron chi connectivity index (χ3n) is 2.10. The summed E-state index contributed by atoms with van der Waals surface area (Å²) in [6.07, 6.45) is 7.63. The average Bonchev–Trinajstić information content (AvgIpc) is 2.53. The first-order valence-electron chi connectivity index (χ1n) is 4.10. The molecule has 0 aromatic carbocycles. The molecule has 0 N–H and O–H groups in total. The minimum absolute atomic E-state index is 0.165. The Morgan fingerprint density at radius 1 is 1.50 bits per heavy atom. The average molecular weight is 161 g/mol. The van der Waals surface area contributed by atoms with Crippen LogP contribution in [0.3, 0.4) is 0 Å². The van der Waals surface area contributed by atoms with Gasteiger partial charge in [-0.3, -0.25) is 4.98 Å². The minimum atomic E-state index is 0.165. The molecule has 0 spiro atoms. The fourth-order valence-electron chi connectivity index (χ4n) is 1.41. The van der Waals surface area contributed by atoms with E-state index in [1.165, 1.54) is 0 Å². The summed E-state index contributed by atoms with van der Waals surface area (Å²) in [4.78, 5) is 4.06. The van der Waals surface area contributed by atoms with Crippen molar-refractivity contribution < 1.29 is 4.74 Å². The molecule has 0 saturated carbocycles. The lowest BCUT2D eigenvalue weighted by atomic mass is 10.0. The Kier molecular flexibility index (Phi) is 1.82. The maximum Gasteiger partial charge on any atom is 0.130 e. The third-order valence-corrected chi connectivity index (χ3v) is 2.10. The molecule has 2 rings (SSSR count). The number of hydrogen-bond donors (Lipinski definition) is 0. The third kappa shape index (κ3) is 1.20. The molecule has 0 bridgehead atoms. The highest BCUT2D eigenvalue weighted by atomic mass is 16.5. The summed E-state index contributed by atoms with van der Waals surface area (Å²) in [6, 6.07) is 3.98. The van der Waals surface area contributed by atoms with Crippen molar-refractivity contribution in [3.63, 3.8) is 0 Å². The summed E-state index contributed by atoms with van der Waals surface area (Å²) in [5.74, 6) is 0.453. The lowest BCUT2D eigenvalue weighted by Gasteiger charge is -2.14. The van der Waals surface area contributed by atoms with Gasteiger partial charge < -0.3 is 4.74 Å². The molecule has 12 heavy (non-hydrogen) atoms. The summed E-state index contributed by atoms with van der Waals surface area (Å²) in [5.41, 5.74) is 1.15. The molecule has 0 saturated heterocycles. The van der Waals surface area contributed by atoms with Gasteiger partial charge in [0.05, 0.1) is 6.26 Å². The second kappa shape index (κ2) is 2.97. The van der Waals surface area contributed by atoms with Crippen molar-refractivity contribution in [3.8, 4) is 0 Å². The molecule has 0 amide bonds. The van der Waals surface area contributed by atoms with Gasteiger partial charge in [0.25, 0.3) is 0 Å². The highest BCUT2D eigenvalue weighted by Gasteiger charge is 2.21. The monoisotopic (exact) mass is 161 g/mol. The minimum Gasteiger partial charge on any atom is -0.493 e. The zero-order valence-electron chi connectivity index (χ0n) is 6.97. The maximum atomic E-state index is 5.43. The lowest BCUT2D eigenvalue weighted by molar-refractivity contribution is 0.142. The van der Waals surface area contributed by atoms with Crippen LogP contribution < -0.4 is 0 Å². The van der Waals surface area contributed by atoms with Crippen molar-refractivity contribution in [1.29, 1.82) is 0 Å².